The number of hydrogen-bond donors (Lipinski definition) is 1. The van der Waals surface area contributed by atoms with Gasteiger partial charge in [0.25, 0.3) is 0 Å². The molecule has 8 nitrogen and oxygen atoms in total. The van der Waals surface area contributed by atoms with Gasteiger partial charge in [-0.1, -0.05) is 29.5 Å². The van der Waals surface area contributed by atoms with E-state index >= 15 is 0 Å². The number of amides is 1. The fraction of sp³-hybridized carbons (Fsp3) is 0.478. The maximum absolute atomic E-state index is 13.0. The van der Waals surface area contributed by atoms with Crippen LogP contribution in [-0.4, -0.2) is 48.8 Å². The Morgan fingerprint density at radius 3 is 2.38 bits per heavy atom. The van der Waals surface area contributed by atoms with Crippen molar-refractivity contribution < 1.29 is 4.79 Å². The molecule has 0 saturated carbocycles. The third kappa shape index (κ3) is 4.53. The maximum atomic E-state index is 13.0. The number of benzene rings is 1. The Labute approximate surface area is 193 Å². The molecule has 1 saturated heterocycles. The topological polar surface area (TPSA) is 80.9 Å². The number of thioether (sulfide) groups is 1. The monoisotopic (exact) mass is 453 g/mol. The molecule has 0 radical (unpaired) electrons. The van der Waals surface area contributed by atoms with Crippen molar-refractivity contribution in [3.8, 4) is 5.69 Å². The lowest BCUT2D eigenvalue weighted by molar-refractivity contribution is -0.115. The first-order chi connectivity index (χ1) is 15.3. The van der Waals surface area contributed by atoms with Crippen LogP contribution < -0.4 is 10.2 Å². The van der Waals surface area contributed by atoms with Crippen LogP contribution in [0.15, 0.2) is 29.4 Å². The SMILES string of the molecule is Cc1ccc(-n2c(SC(C)C(=O)Nc3c(C)nn(C)c3C)nnc2N2CCCCC2)cc1. The second-order valence-electron chi connectivity index (χ2n) is 8.42. The van der Waals surface area contributed by atoms with Crippen molar-refractivity contribution in [2.75, 3.05) is 23.3 Å². The number of aromatic nitrogens is 5. The summed E-state index contributed by atoms with van der Waals surface area (Å²) in [6, 6.07) is 8.36. The first kappa shape index (κ1) is 22.4. The highest BCUT2D eigenvalue weighted by Gasteiger charge is 2.25. The molecule has 1 aliphatic rings. The van der Waals surface area contributed by atoms with E-state index in [4.69, 9.17) is 0 Å². The van der Waals surface area contributed by atoms with E-state index in [2.05, 4.69) is 61.3 Å². The average molecular weight is 454 g/mol. The molecule has 1 aromatic carbocycles. The van der Waals surface area contributed by atoms with E-state index < -0.39 is 0 Å². The fourth-order valence-electron chi connectivity index (χ4n) is 3.95. The number of rotatable bonds is 6. The van der Waals surface area contributed by atoms with Crippen molar-refractivity contribution in [3.05, 3.63) is 41.2 Å². The van der Waals surface area contributed by atoms with E-state index in [1.165, 1.54) is 23.7 Å². The summed E-state index contributed by atoms with van der Waals surface area (Å²) in [4.78, 5) is 15.3. The van der Waals surface area contributed by atoms with E-state index in [0.717, 1.165) is 59.8 Å². The van der Waals surface area contributed by atoms with Gasteiger partial charge in [0.05, 0.1) is 28.0 Å². The van der Waals surface area contributed by atoms with Crippen LogP contribution in [0, 0.1) is 20.8 Å². The molecule has 170 valence electrons. The first-order valence-corrected chi connectivity index (χ1v) is 12.0. The van der Waals surface area contributed by atoms with Crippen molar-refractivity contribution in [2.24, 2.45) is 7.05 Å². The minimum Gasteiger partial charge on any atom is -0.341 e. The Morgan fingerprint density at radius 2 is 1.75 bits per heavy atom. The zero-order chi connectivity index (χ0) is 22.8. The molecule has 3 heterocycles. The van der Waals surface area contributed by atoms with Crippen LogP contribution in [0.25, 0.3) is 5.69 Å². The van der Waals surface area contributed by atoms with E-state index in [9.17, 15) is 4.79 Å². The largest absolute Gasteiger partial charge is 0.341 e. The van der Waals surface area contributed by atoms with Crippen LogP contribution in [0.5, 0.6) is 0 Å². The zero-order valence-electron chi connectivity index (χ0n) is 19.4. The molecule has 3 aromatic rings. The molecule has 0 aliphatic carbocycles. The van der Waals surface area contributed by atoms with E-state index in [1.54, 1.807) is 4.68 Å². The molecule has 1 atom stereocenters. The molecular formula is C23H31N7OS. The highest BCUT2D eigenvalue weighted by atomic mass is 32.2. The Hall–Kier alpha value is -2.81. The molecule has 1 unspecified atom stereocenters. The van der Waals surface area contributed by atoms with Gasteiger partial charge in [0.2, 0.25) is 11.9 Å². The number of hydrogen-bond acceptors (Lipinski definition) is 6. The molecule has 32 heavy (non-hydrogen) atoms. The second-order valence-corrected chi connectivity index (χ2v) is 9.73. The molecule has 1 fully saturated rings. The standard InChI is InChI=1S/C23H31N7OS/c1-15-9-11-19(12-10-15)30-22(29-13-7-6-8-14-29)25-26-23(30)32-18(4)21(31)24-20-16(2)27-28(5)17(20)3/h9-12,18H,6-8,13-14H2,1-5H3,(H,24,31). The van der Waals surface area contributed by atoms with Crippen molar-refractivity contribution in [1.29, 1.82) is 0 Å². The number of nitrogens with zero attached hydrogens (tertiary/aromatic N) is 6. The molecule has 9 heteroatoms. The van der Waals surface area contributed by atoms with Gasteiger partial charge >= 0.3 is 0 Å². The number of piperidine rings is 1. The normalized spacial score (nSPS) is 15.1. The predicted molar refractivity (Wildman–Crippen MR) is 129 cm³/mol. The summed E-state index contributed by atoms with van der Waals surface area (Å²) >= 11 is 1.42. The number of carbonyl (C=O) groups is 1. The Bertz CT molecular complexity index is 1100. The van der Waals surface area contributed by atoms with Crippen LogP contribution in [0.3, 0.4) is 0 Å². The van der Waals surface area contributed by atoms with Gasteiger partial charge in [-0.25, -0.2) is 0 Å². The summed E-state index contributed by atoms with van der Waals surface area (Å²) in [6.45, 7) is 9.78. The van der Waals surface area contributed by atoms with Gasteiger partial charge in [-0.15, -0.1) is 10.2 Å². The predicted octanol–water partition coefficient (Wildman–Crippen LogP) is 4.04. The van der Waals surface area contributed by atoms with Crippen LogP contribution in [0.2, 0.25) is 0 Å². The lowest BCUT2D eigenvalue weighted by Crippen LogP contribution is -2.31. The van der Waals surface area contributed by atoms with Crippen LogP contribution >= 0.6 is 11.8 Å². The molecular weight excluding hydrogens is 422 g/mol. The van der Waals surface area contributed by atoms with Crippen LogP contribution in [0.1, 0.15) is 43.1 Å². The summed E-state index contributed by atoms with van der Waals surface area (Å²) in [6.07, 6.45) is 3.57. The van der Waals surface area contributed by atoms with Crippen LogP contribution in [0.4, 0.5) is 11.6 Å². The Morgan fingerprint density at radius 1 is 1.06 bits per heavy atom. The molecule has 0 spiro atoms. The third-order valence-electron chi connectivity index (χ3n) is 5.96. The van der Waals surface area contributed by atoms with Crippen molar-refractivity contribution in [3.63, 3.8) is 0 Å². The lowest BCUT2D eigenvalue weighted by atomic mass is 10.1. The van der Waals surface area contributed by atoms with Gasteiger partial charge in [-0.05, 0) is 59.1 Å². The maximum Gasteiger partial charge on any atom is 0.237 e. The van der Waals surface area contributed by atoms with E-state index in [-0.39, 0.29) is 11.2 Å². The van der Waals surface area contributed by atoms with Gasteiger partial charge in [0, 0.05) is 20.1 Å². The highest BCUT2D eigenvalue weighted by Crippen LogP contribution is 2.31. The zero-order valence-corrected chi connectivity index (χ0v) is 20.2. The number of anilines is 2. The second kappa shape index (κ2) is 9.36. The average Bonchev–Trinajstić information content (AvgIpc) is 3.30. The third-order valence-corrected chi connectivity index (χ3v) is 7.00. The molecule has 1 amide bonds. The van der Waals surface area contributed by atoms with Gasteiger partial charge in [0.15, 0.2) is 5.16 Å². The van der Waals surface area contributed by atoms with E-state index in [1.807, 2.05) is 27.8 Å². The summed E-state index contributed by atoms with van der Waals surface area (Å²) < 4.78 is 3.86. The van der Waals surface area contributed by atoms with Crippen molar-refractivity contribution in [2.45, 2.75) is 57.4 Å². The number of carbonyl (C=O) groups excluding carboxylic acids is 1. The number of nitrogens with one attached hydrogen (secondary N) is 1. The van der Waals surface area contributed by atoms with Gasteiger partial charge < -0.3 is 10.2 Å². The molecule has 4 rings (SSSR count). The van der Waals surface area contributed by atoms with Gasteiger partial charge in [0.1, 0.15) is 0 Å². The highest BCUT2D eigenvalue weighted by molar-refractivity contribution is 8.00. The number of aryl methyl sites for hydroxylation is 3. The lowest BCUT2D eigenvalue weighted by Gasteiger charge is -2.28. The Kier molecular flexibility index (Phi) is 6.55. The van der Waals surface area contributed by atoms with Gasteiger partial charge in [-0.3, -0.25) is 14.0 Å². The fourth-order valence-corrected chi connectivity index (χ4v) is 4.81. The van der Waals surface area contributed by atoms with E-state index in [0.29, 0.717) is 0 Å². The summed E-state index contributed by atoms with van der Waals surface area (Å²) in [5, 5.41) is 16.8. The summed E-state index contributed by atoms with van der Waals surface area (Å²) in [5.74, 6) is 0.773. The smallest absolute Gasteiger partial charge is 0.237 e. The summed E-state index contributed by atoms with van der Waals surface area (Å²) in [5.41, 5.74) is 4.73. The minimum atomic E-state index is -0.350. The summed E-state index contributed by atoms with van der Waals surface area (Å²) in [7, 11) is 1.88. The molecule has 0 bridgehead atoms. The Balaban J connectivity index is 1.60. The van der Waals surface area contributed by atoms with Crippen LogP contribution in [-0.2, 0) is 11.8 Å². The molecule has 1 aliphatic heterocycles. The molecule has 2 aromatic heterocycles. The van der Waals surface area contributed by atoms with Crippen molar-refractivity contribution in [1.82, 2.24) is 24.5 Å². The quantitative estimate of drug-likeness (QED) is 0.568. The van der Waals surface area contributed by atoms with Gasteiger partial charge in [-0.2, -0.15) is 5.10 Å². The first-order valence-electron chi connectivity index (χ1n) is 11.1. The minimum absolute atomic E-state index is 0.0767. The van der Waals surface area contributed by atoms with Crippen molar-refractivity contribution >= 4 is 29.3 Å². The molecule has 1 N–H and O–H groups in total.